The Hall–Kier alpha value is -18.0. The first-order valence-corrected chi connectivity index (χ1v) is 43.6. The summed E-state index contributed by atoms with van der Waals surface area (Å²) in [6.07, 6.45) is 10.4. The number of ketones is 4. The minimum atomic E-state index is -1.11. The number of aromatic nitrogens is 6. The summed E-state index contributed by atoms with van der Waals surface area (Å²) in [6.45, 7) is 7.18. The highest BCUT2D eigenvalue weighted by atomic mass is 35.5. The number of rotatable bonds is 28. The van der Waals surface area contributed by atoms with E-state index in [0.29, 0.717) is 150 Å². The number of nitrogens with zero attached hydrogens (tertiary/aromatic N) is 6. The average Bonchev–Trinajstić information content (AvgIpc) is 1.67. The van der Waals surface area contributed by atoms with Crippen molar-refractivity contribution in [3.8, 4) is 67.9 Å². The third kappa shape index (κ3) is 26.8. The maximum atomic E-state index is 13.7. The number of para-hydroxylation sites is 2. The fraction of sp³-hybridized carbons (Fsp3) is 0.0943. The van der Waals surface area contributed by atoms with E-state index in [0.717, 1.165) is 35.5 Å². The number of nitrogens with one attached hydrogen (secondary N) is 6. The molecule has 0 unspecified atom stereocenters. The molecule has 36 heteroatoms. The monoisotopic (exact) mass is 1950 g/mol. The zero-order valence-electron chi connectivity index (χ0n) is 75.9. The van der Waals surface area contributed by atoms with Crippen LogP contribution in [-0.4, -0.2) is 79.2 Å². The van der Waals surface area contributed by atoms with Gasteiger partial charge in [-0.15, -0.1) is 0 Å². The van der Waals surface area contributed by atoms with E-state index in [2.05, 4.69) is 66.5 Å². The van der Waals surface area contributed by atoms with E-state index in [-0.39, 0.29) is 76.1 Å². The number of Topliss-reactive ketones (excluding diaryl/α,β-unsaturated/α-hetero) is 4. The Morgan fingerprint density at radius 3 is 1.01 bits per heavy atom. The smallest absolute Gasteiger partial charge is 0.337 e. The number of hydrogen-bond donors (Lipinski definition) is 6. The lowest BCUT2D eigenvalue weighted by Crippen LogP contribution is -2.00. The Morgan fingerprint density at radius 2 is 0.606 bits per heavy atom. The molecular weight excluding hydrogens is 1870 g/mol. The zero-order chi connectivity index (χ0) is 101. The lowest BCUT2D eigenvalue weighted by atomic mass is 10.0. The van der Waals surface area contributed by atoms with Gasteiger partial charge in [-0.2, -0.15) is 0 Å². The predicted molar refractivity (Wildman–Crippen MR) is 516 cm³/mol. The molecule has 0 aliphatic heterocycles. The molecule has 12 aromatic carbocycles. The number of hydrogen-bond acceptors (Lipinski definition) is 26. The molecule has 6 heterocycles. The van der Waals surface area contributed by atoms with Crippen molar-refractivity contribution in [2.45, 2.75) is 53.4 Å². The Bertz CT molecular complexity index is 7410. The second-order valence-corrected chi connectivity index (χ2v) is 30.3. The summed E-state index contributed by atoms with van der Waals surface area (Å²) in [5.74, 6) is -5.18. The summed E-state index contributed by atoms with van der Waals surface area (Å²) in [6, 6.07) is 69.4. The third-order valence-corrected chi connectivity index (χ3v) is 20.6. The van der Waals surface area contributed by atoms with Crippen molar-refractivity contribution < 1.29 is 104 Å². The zero-order valence-corrected chi connectivity index (χ0v) is 76.6. The molecule has 18 rings (SSSR count). The maximum Gasteiger partial charge on any atom is 0.337 e. The van der Waals surface area contributed by atoms with Crippen LogP contribution in [0.1, 0.15) is 116 Å². The highest BCUT2D eigenvalue weighted by Gasteiger charge is 2.24. The van der Waals surface area contributed by atoms with Crippen molar-refractivity contribution in [1.82, 2.24) is 29.9 Å². The van der Waals surface area contributed by atoms with Gasteiger partial charge >= 0.3 is 11.9 Å². The van der Waals surface area contributed by atoms with Crippen LogP contribution in [0.25, 0.3) is 67.9 Å². The van der Waals surface area contributed by atoms with Crippen LogP contribution in [0.3, 0.4) is 0 Å². The third-order valence-electron chi connectivity index (χ3n) is 20.4. The van der Waals surface area contributed by atoms with Crippen LogP contribution in [0.5, 0.6) is 0 Å². The highest BCUT2D eigenvalue weighted by molar-refractivity contribution is 6.30. The summed E-state index contributed by atoms with van der Waals surface area (Å²) in [4.78, 5) is 95.4. The SMILES string of the molecule is CCC(=O)c1ccccc1-c1cnc(Nc2c(F)cccc2F)o1.CCC(=O)c1ccccc1-c1cnc(Nc2ccc(F)cc2)o1.CCC(=O)c1ccccc1-c1cnc(Nc2ccc(F)cc2F)o1.CCC(=O)c1ccccc1-c1cnc(Nc2ccccc2F)o1.COC(=O)c1ccc(-c2cnc(Nc3c(F)cc(F)cc3F)o2)cc1.COC(=O)c1cccc(-c2cnc(Nc3ccc(Cl)cc3)o2)c1. The van der Waals surface area contributed by atoms with Gasteiger partial charge in [-0.3, -0.25) is 19.2 Å². The molecule has 0 aliphatic carbocycles. The molecule has 142 heavy (non-hydrogen) atoms. The second kappa shape index (κ2) is 48.6. The molecule has 0 aliphatic rings. The molecule has 0 fully saturated rings. The number of oxazole rings is 6. The first-order chi connectivity index (χ1) is 68.7. The molecule has 6 N–H and O–H groups in total. The molecule has 18 aromatic rings. The summed E-state index contributed by atoms with van der Waals surface area (Å²) in [7, 11) is 2.62. The van der Waals surface area contributed by atoms with Crippen LogP contribution >= 0.6 is 11.6 Å². The van der Waals surface area contributed by atoms with Crippen LogP contribution in [-0.2, 0) is 9.47 Å². The number of anilines is 12. The van der Waals surface area contributed by atoms with E-state index >= 15 is 0 Å². The van der Waals surface area contributed by atoms with Gasteiger partial charge in [-0.05, 0) is 109 Å². The number of esters is 2. The predicted octanol–water partition coefficient (Wildman–Crippen LogP) is 28.4. The van der Waals surface area contributed by atoms with Gasteiger partial charge in [0, 0.05) is 116 Å². The summed E-state index contributed by atoms with van der Waals surface area (Å²) >= 11 is 5.85. The minimum absolute atomic E-state index is 0.0129. The molecule has 0 bridgehead atoms. The van der Waals surface area contributed by atoms with E-state index < -0.39 is 64.2 Å². The van der Waals surface area contributed by atoms with E-state index in [1.807, 2.05) is 56.3 Å². The van der Waals surface area contributed by atoms with Gasteiger partial charge in [0.1, 0.15) is 52.1 Å². The fourth-order valence-electron chi connectivity index (χ4n) is 13.3. The quantitative estimate of drug-likeness (QED) is 0.0151. The van der Waals surface area contributed by atoms with Gasteiger partial charge in [0.25, 0.3) is 36.1 Å². The topological polar surface area (TPSA) is 349 Å². The van der Waals surface area contributed by atoms with Crippen LogP contribution in [0.2, 0.25) is 5.02 Å². The number of benzene rings is 12. The van der Waals surface area contributed by atoms with Crippen molar-refractivity contribution in [2.24, 2.45) is 0 Å². The molecule has 0 radical (unpaired) electrons. The van der Waals surface area contributed by atoms with Gasteiger partial charge in [-0.25, -0.2) is 79.0 Å². The molecule has 26 nitrogen and oxygen atoms in total. The Morgan fingerprint density at radius 1 is 0.282 bits per heavy atom. The second-order valence-electron chi connectivity index (χ2n) is 29.8. The lowest BCUT2D eigenvalue weighted by molar-refractivity contribution is 0.0592. The number of carbonyl (C=O) groups excluding carboxylic acids is 6. The molecule has 0 spiro atoms. The van der Waals surface area contributed by atoms with Gasteiger partial charge in [0.15, 0.2) is 69.3 Å². The Labute approximate surface area is 809 Å². The van der Waals surface area contributed by atoms with Crippen LogP contribution < -0.4 is 31.9 Å². The number of methoxy groups -OCH3 is 2. The van der Waals surface area contributed by atoms with E-state index in [4.69, 9.17) is 42.8 Å². The Kier molecular flexibility index (Phi) is 34.7. The minimum Gasteiger partial charge on any atom is -0.465 e. The van der Waals surface area contributed by atoms with E-state index in [1.54, 1.807) is 172 Å². The largest absolute Gasteiger partial charge is 0.465 e. The van der Waals surface area contributed by atoms with Crippen LogP contribution in [0.4, 0.5) is 110 Å². The molecule has 720 valence electrons. The van der Waals surface area contributed by atoms with Crippen molar-refractivity contribution in [3.05, 3.63) is 395 Å². The highest BCUT2D eigenvalue weighted by Crippen LogP contribution is 2.37. The standard InChI is InChI=1S/2C18H14F2N2O2.2C18H15FN2O2.C17H13ClN2O3.C17H11F3N2O3/c1-2-15(23)11-6-3-4-7-12(11)16-10-21-18(24-16)22-17-13(19)8-5-9-14(17)20;1-2-16(23)12-5-3-4-6-13(12)17-10-21-18(24-17)22-15-8-7-11(19)9-14(15)20;1-2-16(22)12-7-3-4-8-13(12)17-11-20-18(23-17)21-15-10-6-5-9-14(15)19;1-2-16(22)14-5-3-4-6-15(14)17-11-20-18(23-17)21-13-9-7-12(19)8-10-13;1-22-16(21)12-4-2-3-11(9-12)15-10-19-17(23-15)20-14-7-5-13(18)6-8-14;1-24-16(23)10-4-2-9(3-5-10)14-8-21-17(25-14)22-15-12(19)6-11(18)7-13(15)20/h2*3-10H,2H2,1H3,(H,21,22);2*3-11H,2H2,1H3,(H,20,21);2-10H,1H3,(H,19,20);2-8H,1H3,(H,21,22). The van der Waals surface area contributed by atoms with Crippen molar-refractivity contribution in [1.29, 1.82) is 0 Å². The van der Waals surface area contributed by atoms with Gasteiger partial charge in [0.2, 0.25) is 0 Å². The molecule has 0 saturated heterocycles. The maximum absolute atomic E-state index is 13.7. The molecule has 6 aromatic heterocycles. The van der Waals surface area contributed by atoms with Crippen LogP contribution in [0, 0.1) is 52.4 Å². The fourth-order valence-corrected chi connectivity index (χ4v) is 13.4. The first kappa shape index (κ1) is 101. The Balaban J connectivity index is 0.000000143. The van der Waals surface area contributed by atoms with Gasteiger partial charge < -0.3 is 67.9 Å². The lowest BCUT2D eigenvalue weighted by Gasteiger charge is -2.06. The first-order valence-electron chi connectivity index (χ1n) is 43.2. The van der Waals surface area contributed by atoms with Gasteiger partial charge in [0.05, 0.1) is 73.9 Å². The van der Waals surface area contributed by atoms with E-state index in [9.17, 15) is 68.3 Å². The van der Waals surface area contributed by atoms with E-state index in [1.165, 1.54) is 81.5 Å². The normalized spacial score (nSPS) is 10.5. The summed E-state index contributed by atoms with van der Waals surface area (Å²) in [5, 5.41) is 16.9. The van der Waals surface area contributed by atoms with Crippen molar-refractivity contribution >= 4 is 117 Å². The van der Waals surface area contributed by atoms with Crippen molar-refractivity contribution in [2.75, 3.05) is 46.1 Å². The number of ether oxygens (including phenoxy) is 2. The summed E-state index contributed by atoms with van der Waals surface area (Å²) < 4.78 is 163. The van der Waals surface area contributed by atoms with Gasteiger partial charge in [-0.1, -0.05) is 179 Å². The average molecular weight is 1950 g/mol. The summed E-state index contributed by atoms with van der Waals surface area (Å²) in [5.41, 5.74) is 7.85. The van der Waals surface area contributed by atoms with Crippen LogP contribution in [0.15, 0.2) is 331 Å². The number of carbonyl (C=O) groups is 6. The van der Waals surface area contributed by atoms with Crippen molar-refractivity contribution in [3.63, 3.8) is 0 Å². The molecule has 0 amide bonds. The molecule has 0 atom stereocenters. The number of halogens is 10. The molecule has 0 saturated carbocycles. The molecular formula is C106H82ClF9N12O14.